The summed E-state index contributed by atoms with van der Waals surface area (Å²) in [6.45, 7) is 4.24. The van der Waals surface area contributed by atoms with Crippen molar-refractivity contribution in [3.8, 4) is 5.75 Å². The second-order valence-electron chi connectivity index (χ2n) is 35.7. The number of nitrogens with zero attached hydrogens (tertiary/aromatic N) is 6. The van der Waals surface area contributed by atoms with Crippen molar-refractivity contribution in [1.82, 2.24) is 92.5 Å². The average Bonchev–Trinajstić information content (AvgIpc) is 1.62. The number of aromatic amines is 1. The Hall–Kier alpha value is -14.5. The summed E-state index contributed by atoms with van der Waals surface area (Å²) in [4.78, 5) is 309. The number of phenolic OH excluding ortho intramolecular Hbond substituents is 1. The van der Waals surface area contributed by atoms with Crippen LogP contribution in [0.1, 0.15) is 154 Å². The predicted molar refractivity (Wildman–Crippen MR) is 497 cm³/mol. The maximum atomic E-state index is 16.0. The number of carbonyl (C=O) groups is 21. The number of carboxylic acids is 2. The monoisotopic (exact) mass is 1940 g/mol. The molecule has 3 fully saturated rings. The second kappa shape index (κ2) is 51.1. The van der Waals surface area contributed by atoms with Crippen LogP contribution in [0.15, 0.2) is 85.2 Å². The molecule has 15 atom stereocenters. The minimum absolute atomic E-state index is 0.0983. The summed E-state index contributed by atoms with van der Waals surface area (Å²) < 4.78 is 1.36. The van der Waals surface area contributed by atoms with E-state index in [1.54, 1.807) is 76.2 Å². The number of benzene rings is 3. The topological polar surface area (TPSA) is 713 Å². The Labute approximate surface area is 800 Å². The number of aliphatic hydroxyl groups is 1. The number of fused-ring (bicyclic) bond motifs is 4. The quantitative estimate of drug-likeness (QED) is 0.0192. The molecule has 0 aliphatic carbocycles. The number of para-hydroxylation sites is 2. The molecule has 0 radical (unpaired) electrons. The highest BCUT2D eigenvalue weighted by molar-refractivity contribution is 6.03. The number of phenols is 1. The van der Waals surface area contributed by atoms with E-state index in [1.165, 1.54) is 62.2 Å². The highest BCUT2D eigenvalue weighted by atomic mass is 16.4. The van der Waals surface area contributed by atoms with Gasteiger partial charge in [-0.05, 0) is 105 Å². The van der Waals surface area contributed by atoms with E-state index in [1.807, 2.05) is 0 Å². The second-order valence-corrected chi connectivity index (χ2v) is 35.7. The summed E-state index contributed by atoms with van der Waals surface area (Å²) in [5, 5.41) is 71.3. The number of aromatic hydroxyl groups is 1. The van der Waals surface area contributed by atoms with Crippen LogP contribution in [0.5, 0.6) is 5.75 Å². The smallest absolute Gasteiger partial charge is 0.323 e. The van der Waals surface area contributed by atoms with Gasteiger partial charge in [-0.15, -0.1) is 0 Å². The number of aliphatic carboxylic acids is 2. The number of unbranched alkanes of at least 4 members (excludes halogenated alkanes) is 2. The van der Waals surface area contributed by atoms with Crippen LogP contribution in [-0.4, -0.2) is 323 Å². The molecule has 3 aromatic carbocycles. The number of aldehydes is 1. The summed E-state index contributed by atoms with van der Waals surface area (Å²) in [5.74, 6) is -23.0. The van der Waals surface area contributed by atoms with E-state index >= 15 is 33.6 Å². The zero-order chi connectivity index (χ0) is 103. The maximum absolute atomic E-state index is 16.0. The largest absolute Gasteiger partial charge is 0.508 e. The molecule has 5 aromatic rings. The van der Waals surface area contributed by atoms with Crippen molar-refractivity contribution in [2.75, 3.05) is 53.9 Å². The van der Waals surface area contributed by atoms with Crippen LogP contribution < -0.4 is 81.4 Å². The molecule has 2 unspecified atom stereocenters. The number of carboxylic acid groups (broad SMARTS) is 2. The van der Waals surface area contributed by atoms with Gasteiger partial charge < -0.3 is 131 Å². The number of H-pyrrole nitrogens is 1. The summed E-state index contributed by atoms with van der Waals surface area (Å²) in [6, 6.07) is -4.03. The van der Waals surface area contributed by atoms with Crippen LogP contribution in [0.4, 0.5) is 0 Å². The summed E-state index contributed by atoms with van der Waals surface area (Å²) >= 11 is 0. The van der Waals surface area contributed by atoms with Crippen molar-refractivity contribution < 1.29 is 121 Å². The third kappa shape index (κ3) is 30.5. The molecule has 47 heteroatoms. The molecule has 18 amide bonds. The van der Waals surface area contributed by atoms with E-state index in [2.05, 4.69) is 63.5 Å². The lowest BCUT2D eigenvalue weighted by Gasteiger charge is -2.39. The number of rotatable bonds is 30. The van der Waals surface area contributed by atoms with Crippen LogP contribution in [0.2, 0.25) is 0 Å². The number of likely N-dealkylation sites (N-methyl/N-ethyl adjacent to an activating group) is 3. The number of amides is 18. The fourth-order valence-electron chi connectivity index (χ4n) is 17.2. The first kappa shape index (κ1) is 110. The van der Waals surface area contributed by atoms with Crippen LogP contribution in [-0.2, 0) is 126 Å². The fourth-order valence-corrected chi connectivity index (χ4v) is 17.2. The van der Waals surface area contributed by atoms with Gasteiger partial charge in [0.1, 0.15) is 84.8 Å². The van der Waals surface area contributed by atoms with Gasteiger partial charge in [-0.25, -0.2) is 0 Å². The average molecular weight is 1940 g/mol. The van der Waals surface area contributed by atoms with Gasteiger partial charge in [0.05, 0.1) is 38.1 Å². The van der Waals surface area contributed by atoms with Gasteiger partial charge >= 0.3 is 11.9 Å². The molecule has 8 rings (SSSR count). The van der Waals surface area contributed by atoms with Crippen molar-refractivity contribution in [3.05, 3.63) is 102 Å². The van der Waals surface area contributed by atoms with Crippen molar-refractivity contribution in [1.29, 1.82) is 0 Å². The number of hydrogen-bond acceptors (Lipinski definition) is 25. The zero-order valence-corrected chi connectivity index (χ0v) is 78.9. The van der Waals surface area contributed by atoms with Crippen LogP contribution in [0.25, 0.3) is 21.8 Å². The Kier molecular flexibility index (Phi) is 40.3. The lowest BCUT2D eigenvalue weighted by Crippen LogP contribution is -2.67. The van der Waals surface area contributed by atoms with E-state index in [0.29, 0.717) is 45.8 Å². The third-order valence-electron chi connectivity index (χ3n) is 24.6. The first-order valence-corrected chi connectivity index (χ1v) is 46.0. The van der Waals surface area contributed by atoms with E-state index in [4.69, 9.17) is 22.9 Å². The van der Waals surface area contributed by atoms with Gasteiger partial charge in [0.15, 0.2) is 11.9 Å². The molecule has 24 N–H and O–H groups in total. The number of nitrogens with one attached hydrogen (secondary N) is 12. The first-order valence-electron chi connectivity index (χ1n) is 46.0. The molecule has 3 aliphatic rings. The molecule has 3 aliphatic heterocycles. The zero-order valence-electron chi connectivity index (χ0n) is 78.9. The third-order valence-corrected chi connectivity index (χ3v) is 24.6. The summed E-state index contributed by atoms with van der Waals surface area (Å²) in [5.41, 5.74) is 22.0. The Balaban J connectivity index is 1.26. The van der Waals surface area contributed by atoms with Gasteiger partial charge in [0.25, 0.3) is 0 Å². The minimum Gasteiger partial charge on any atom is -0.508 e. The van der Waals surface area contributed by atoms with Gasteiger partial charge in [0, 0.05) is 107 Å². The molecular weight excluding hydrogens is 1810 g/mol. The number of carbonyl (C=O) groups excluding carboxylic acids is 19. The highest BCUT2D eigenvalue weighted by Gasteiger charge is 2.53. The molecule has 2 aromatic heterocycles. The summed E-state index contributed by atoms with van der Waals surface area (Å²) in [6.07, 6.45) is -4.32. The van der Waals surface area contributed by atoms with Crippen LogP contribution in [0.3, 0.4) is 0 Å². The molecular formula is C92H128N22O25. The first-order chi connectivity index (χ1) is 65.8. The van der Waals surface area contributed by atoms with Gasteiger partial charge in [-0.3, -0.25) is 106 Å². The molecule has 139 heavy (non-hydrogen) atoms. The summed E-state index contributed by atoms with van der Waals surface area (Å²) in [7, 11) is 3.60. The van der Waals surface area contributed by atoms with Crippen molar-refractivity contribution in [2.24, 2.45) is 28.9 Å². The van der Waals surface area contributed by atoms with Crippen LogP contribution in [0, 0.1) is 5.92 Å². The van der Waals surface area contributed by atoms with E-state index in [0.717, 1.165) is 31.5 Å². The predicted octanol–water partition coefficient (Wildman–Crippen LogP) is -4.73. The van der Waals surface area contributed by atoms with Gasteiger partial charge in [-0.2, -0.15) is 0 Å². The van der Waals surface area contributed by atoms with Crippen molar-refractivity contribution in [2.45, 2.75) is 253 Å². The molecule has 0 bridgehead atoms. The van der Waals surface area contributed by atoms with Crippen molar-refractivity contribution in [3.63, 3.8) is 0 Å². The lowest BCUT2D eigenvalue weighted by atomic mass is 9.98. The number of primary amides is 4. The number of nitrogens with two attached hydrogens (primary N) is 4. The normalized spacial score (nSPS) is 24.8. The fraction of sp³-hybridized carbons (Fsp3) is 0.533. The van der Waals surface area contributed by atoms with Gasteiger partial charge in [-0.1, -0.05) is 102 Å². The molecule has 5 heterocycles. The highest BCUT2D eigenvalue weighted by Crippen LogP contribution is 2.32. The molecule has 47 nitrogen and oxygen atoms in total. The van der Waals surface area contributed by atoms with E-state index in [9.17, 15) is 87.5 Å². The maximum Gasteiger partial charge on any atom is 0.323 e. The van der Waals surface area contributed by atoms with Gasteiger partial charge in [0.2, 0.25) is 106 Å². The minimum atomic E-state index is -2.44. The Morgan fingerprint density at radius 1 is 0.554 bits per heavy atom. The number of aliphatic hydroxyl groups excluding tert-OH is 1. The SMILES string of the molecule is CCCC[C@H]1C(=O)N(C)[C@@H](CCCC)C(=O)N[C@@H](CCC(=O)O)C(=O)N[C@H](C(=O)NCC(N)=O)CNCC(=O)N[C@@H](Cc2ccc(O)cc2)C(=O)N(C)[C@@H](C)C(=O)N[C@@H](CC(N)=O)C(=O)N2CCC[C@H]2C(=O)N[C@@H](CCC(N)=O)C(=O)NC(CC(C)C)C(=O)N2C[C@H](O)CC2(C=O)N[C@@H](Cc2c[nH]c3ccccc23)C(=O)N[C@@H](CC(N)=O)C(=O)N[C@@H](Cc2cn(CC(=O)O)c3ccccc23)C(=O)N1C. The van der Waals surface area contributed by atoms with Crippen molar-refractivity contribution >= 4 is 146 Å². The standard InChI is InChI=1S/C92H128N22O25/c1-9-11-21-69-85(133)101-60(30-32-77(123)124)82(130)107-67(80(128)99-43-75(96)121)42-97-44-76(122)100-64(35-51-25-27-54(116)28-26-51)87(135)109(6)50(5)79(127)104-66(39-74(95)120)89(137)113-33-17-24-70(113)86(134)102-59(29-31-72(93)118)81(129)105-63(34-49(3)4)90(138)114-46-55(117)40-92(114,48-115)108-62(36-52-41-98-58-20-15-13-18-56(52)58)84(132)103-61(38-73(94)119)83(131)106-65(88(136)111(8)71(22-12-10-2)91(139)110(69)7)37-53-45-112(47-78(125)126)68-23-16-14-19-57(53)68/h13-16,18-20,23,25-28,41,45,48-50,55,59-67,69-71,97-98,108,116-117H,9-12,17,21-22,24,29-40,42-44,46-47H2,1-8H3,(H2,93,118)(H2,94,119)(H2,95,120)(H2,96,121)(H,99,128)(H,100,122)(H,101,133)(H,102,134)(H,103,132)(H,104,127)(H,105,129)(H,106,131)(H,107,130)(H,123,124)(H,125,126)/t50-,55+,59-,60-,61-,62-,63?,64-,65-,66-,67-,69-,70-,71-,92?/m0/s1. The molecule has 0 saturated carbocycles. The van der Waals surface area contributed by atoms with E-state index < -0.39 is 305 Å². The molecule has 756 valence electrons. The Bertz CT molecular complexity index is 5350. The van der Waals surface area contributed by atoms with Crippen LogP contribution >= 0.6 is 0 Å². The number of hydrogen-bond donors (Lipinski definition) is 20. The van der Waals surface area contributed by atoms with E-state index in [-0.39, 0.29) is 75.5 Å². The lowest BCUT2D eigenvalue weighted by molar-refractivity contribution is -0.149. The molecule has 3 saturated heterocycles. The number of aromatic nitrogens is 2. The molecule has 0 spiro atoms. The Morgan fingerprint density at radius 2 is 1.11 bits per heavy atom. The Morgan fingerprint density at radius 3 is 1.73 bits per heavy atom.